The number of hydrogen-bond acceptors (Lipinski definition) is 6. The number of rotatable bonds is 7. The summed E-state index contributed by atoms with van der Waals surface area (Å²) in [4.78, 5) is 22.1. The number of carbonyl (C=O) groups excluding carboxylic acids is 1. The number of thiazole rings is 1. The molecule has 31 heavy (non-hydrogen) atoms. The van der Waals surface area contributed by atoms with Gasteiger partial charge in [0.1, 0.15) is 5.82 Å². The van der Waals surface area contributed by atoms with E-state index in [4.69, 9.17) is 4.74 Å². The number of nitrogens with zero attached hydrogens (tertiary/aromatic N) is 3. The van der Waals surface area contributed by atoms with Crippen LogP contribution in [-0.2, 0) is 16.1 Å². The minimum atomic E-state index is -0.246. The van der Waals surface area contributed by atoms with Crippen molar-refractivity contribution >= 4 is 17.2 Å². The maximum absolute atomic E-state index is 13.8. The third-order valence-electron chi connectivity index (χ3n) is 6.20. The predicted octanol–water partition coefficient (Wildman–Crippen LogP) is 2.99. The highest BCUT2D eigenvalue weighted by atomic mass is 32.1. The topological polar surface area (TPSA) is 57.7 Å². The van der Waals surface area contributed by atoms with E-state index in [1.165, 1.54) is 6.07 Å². The molecule has 0 bridgehead atoms. The summed E-state index contributed by atoms with van der Waals surface area (Å²) in [6.45, 7) is 8.08. The SMILES string of the molecule is Cc1nc(CN2CCC(C(=O)NCC(c3cccc(F)c3)N3CCOCC3)CC2)cs1. The second-order valence-corrected chi connectivity index (χ2v) is 9.43. The van der Waals surface area contributed by atoms with Crippen LogP contribution in [0, 0.1) is 18.7 Å². The summed E-state index contributed by atoms with van der Waals surface area (Å²) in [5.41, 5.74) is 2.02. The first-order valence-electron chi connectivity index (χ1n) is 11.1. The highest BCUT2D eigenvalue weighted by Gasteiger charge is 2.28. The van der Waals surface area contributed by atoms with Gasteiger partial charge in [0.05, 0.1) is 30.0 Å². The minimum absolute atomic E-state index is 0.0336. The molecule has 1 aromatic heterocycles. The smallest absolute Gasteiger partial charge is 0.223 e. The van der Waals surface area contributed by atoms with Crippen LogP contribution in [-0.4, -0.2) is 66.6 Å². The van der Waals surface area contributed by atoms with Gasteiger partial charge in [0.15, 0.2) is 0 Å². The first kappa shape index (κ1) is 22.3. The van der Waals surface area contributed by atoms with Gasteiger partial charge in [-0.05, 0) is 50.6 Å². The molecule has 1 unspecified atom stereocenters. The van der Waals surface area contributed by atoms with Crippen LogP contribution in [0.5, 0.6) is 0 Å². The fourth-order valence-electron chi connectivity index (χ4n) is 4.47. The lowest BCUT2D eigenvalue weighted by atomic mass is 9.95. The lowest BCUT2D eigenvalue weighted by molar-refractivity contribution is -0.126. The number of benzene rings is 1. The highest BCUT2D eigenvalue weighted by Crippen LogP contribution is 2.24. The molecule has 0 saturated carbocycles. The van der Waals surface area contributed by atoms with Crippen LogP contribution in [0.15, 0.2) is 29.6 Å². The molecular weight excluding hydrogens is 415 g/mol. The molecule has 0 spiro atoms. The Morgan fingerprint density at radius 3 is 2.74 bits per heavy atom. The molecule has 0 radical (unpaired) electrons. The minimum Gasteiger partial charge on any atom is -0.379 e. The Balaban J connectivity index is 1.30. The summed E-state index contributed by atoms with van der Waals surface area (Å²) in [6.07, 6.45) is 1.72. The monoisotopic (exact) mass is 446 g/mol. The molecule has 2 aliphatic heterocycles. The number of aromatic nitrogens is 1. The number of amides is 1. The van der Waals surface area contributed by atoms with Crippen molar-refractivity contribution in [2.45, 2.75) is 32.4 Å². The lowest BCUT2D eigenvalue weighted by Gasteiger charge is -2.35. The van der Waals surface area contributed by atoms with Crippen molar-refractivity contribution in [3.63, 3.8) is 0 Å². The number of ether oxygens (including phenoxy) is 1. The molecule has 1 aromatic carbocycles. The van der Waals surface area contributed by atoms with Gasteiger partial charge >= 0.3 is 0 Å². The number of halogens is 1. The van der Waals surface area contributed by atoms with E-state index in [0.29, 0.717) is 19.8 Å². The Hall–Kier alpha value is -1.87. The summed E-state index contributed by atoms with van der Waals surface area (Å²) in [7, 11) is 0. The van der Waals surface area contributed by atoms with E-state index in [-0.39, 0.29) is 23.7 Å². The van der Waals surface area contributed by atoms with Gasteiger partial charge in [-0.3, -0.25) is 14.6 Å². The van der Waals surface area contributed by atoms with E-state index in [1.54, 1.807) is 23.5 Å². The Morgan fingerprint density at radius 2 is 2.06 bits per heavy atom. The van der Waals surface area contributed by atoms with Gasteiger partial charge in [-0.1, -0.05) is 12.1 Å². The quantitative estimate of drug-likeness (QED) is 0.709. The molecule has 6 nitrogen and oxygen atoms in total. The summed E-state index contributed by atoms with van der Waals surface area (Å²) in [6, 6.07) is 6.66. The highest BCUT2D eigenvalue weighted by molar-refractivity contribution is 7.09. The number of morpholine rings is 1. The van der Waals surface area contributed by atoms with Crippen molar-refractivity contribution in [3.8, 4) is 0 Å². The second kappa shape index (κ2) is 10.6. The zero-order valence-corrected chi connectivity index (χ0v) is 18.9. The molecule has 3 heterocycles. The van der Waals surface area contributed by atoms with E-state index >= 15 is 0 Å². The van der Waals surface area contributed by atoms with E-state index in [1.807, 2.05) is 13.0 Å². The van der Waals surface area contributed by atoms with Gasteiger partial charge in [0, 0.05) is 37.5 Å². The average Bonchev–Trinajstić information content (AvgIpc) is 3.19. The predicted molar refractivity (Wildman–Crippen MR) is 119 cm³/mol. The van der Waals surface area contributed by atoms with E-state index < -0.39 is 0 Å². The molecule has 2 aromatic rings. The molecule has 4 rings (SSSR count). The van der Waals surface area contributed by atoms with Crippen molar-refractivity contribution in [1.82, 2.24) is 20.1 Å². The molecule has 1 amide bonds. The van der Waals surface area contributed by atoms with Crippen molar-refractivity contribution in [2.24, 2.45) is 5.92 Å². The van der Waals surface area contributed by atoms with Gasteiger partial charge < -0.3 is 10.1 Å². The van der Waals surface area contributed by atoms with E-state index in [2.05, 4.69) is 25.5 Å². The summed E-state index contributed by atoms with van der Waals surface area (Å²) >= 11 is 1.68. The standard InChI is InChI=1S/C23H31FN4O2S/c1-17-26-21(16-31-17)15-27-7-5-18(6-8-27)23(29)25-14-22(28-9-11-30-12-10-28)19-3-2-4-20(24)13-19/h2-4,13,16,18,22H,5-12,14-15H2,1H3,(H,25,29). The average molecular weight is 447 g/mol. The summed E-state index contributed by atoms with van der Waals surface area (Å²) in [5.74, 6) is -0.102. The molecule has 1 N–H and O–H groups in total. The van der Waals surface area contributed by atoms with Crippen molar-refractivity contribution in [3.05, 3.63) is 51.7 Å². The van der Waals surface area contributed by atoms with E-state index in [0.717, 1.165) is 61.8 Å². The lowest BCUT2D eigenvalue weighted by Crippen LogP contribution is -2.46. The molecule has 2 fully saturated rings. The Labute approximate surface area is 187 Å². The molecule has 8 heteroatoms. The van der Waals surface area contributed by atoms with Crippen LogP contribution in [0.4, 0.5) is 4.39 Å². The summed E-state index contributed by atoms with van der Waals surface area (Å²) in [5, 5.41) is 6.37. The fourth-order valence-corrected chi connectivity index (χ4v) is 5.07. The largest absolute Gasteiger partial charge is 0.379 e. The Kier molecular flexibility index (Phi) is 7.66. The van der Waals surface area contributed by atoms with Gasteiger partial charge in [0.25, 0.3) is 0 Å². The second-order valence-electron chi connectivity index (χ2n) is 8.37. The van der Waals surface area contributed by atoms with Crippen molar-refractivity contribution in [2.75, 3.05) is 45.9 Å². The van der Waals surface area contributed by atoms with Gasteiger partial charge in [-0.25, -0.2) is 9.37 Å². The first-order chi connectivity index (χ1) is 15.1. The zero-order chi connectivity index (χ0) is 21.6. The van der Waals surface area contributed by atoms with Gasteiger partial charge in [-0.15, -0.1) is 11.3 Å². The first-order valence-corrected chi connectivity index (χ1v) is 11.9. The number of piperidine rings is 1. The fraction of sp³-hybridized carbons (Fsp3) is 0.565. The summed E-state index contributed by atoms with van der Waals surface area (Å²) < 4.78 is 19.3. The van der Waals surface area contributed by atoms with Gasteiger partial charge in [-0.2, -0.15) is 0 Å². The maximum Gasteiger partial charge on any atom is 0.223 e. The third kappa shape index (κ3) is 6.10. The van der Waals surface area contributed by atoms with Crippen LogP contribution in [0.3, 0.4) is 0 Å². The van der Waals surface area contributed by atoms with E-state index in [9.17, 15) is 9.18 Å². The van der Waals surface area contributed by atoms with Crippen molar-refractivity contribution in [1.29, 1.82) is 0 Å². The zero-order valence-electron chi connectivity index (χ0n) is 18.1. The molecule has 1 atom stereocenters. The van der Waals surface area contributed by atoms with Crippen LogP contribution in [0.25, 0.3) is 0 Å². The molecule has 2 saturated heterocycles. The number of hydrogen-bond donors (Lipinski definition) is 1. The van der Waals surface area contributed by atoms with Crippen LogP contribution in [0.2, 0.25) is 0 Å². The van der Waals surface area contributed by atoms with Crippen LogP contribution < -0.4 is 5.32 Å². The molecular formula is C23H31FN4O2S. The number of nitrogens with one attached hydrogen (secondary N) is 1. The number of likely N-dealkylation sites (tertiary alicyclic amines) is 1. The number of carbonyl (C=O) groups is 1. The normalized spacial score (nSPS) is 19.9. The van der Waals surface area contributed by atoms with Crippen molar-refractivity contribution < 1.29 is 13.9 Å². The van der Waals surface area contributed by atoms with Gasteiger partial charge in [0.2, 0.25) is 5.91 Å². The number of aryl methyl sites for hydroxylation is 1. The Bertz CT molecular complexity index is 863. The molecule has 0 aliphatic carbocycles. The molecule has 168 valence electrons. The third-order valence-corrected chi connectivity index (χ3v) is 7.02. The Morgan fingerprint density at radius 1 is 1.29 bits per heavy atom. The maximum atomic E-state index is 13.8. The van der Waals surface area contributed by atoms with Crippen LogP contribution >= 0.6 is 11.3 Å². The van der Waals surface area contributed by atoms with Crippen LogP contribution in [0.1, 0.15) is 35.1 Å². The molecule has 2 aliphatic rings.